The number of aromatic nitrogens is 1. The zero-order valence-corrected chi connectivity index (χ0v) is 12.2. The standard InChI is InChI=1S/C16H22N2O3/c1-2-6-16(5-1)20-12-14(21-16)11-18-9-10-19-15(18)13-3-7-17-8-4-13/h3-4,7-8,14-15H,1-2,5-6,9-12H2/t14-,15+/m1/s1. The largest absolute Gasteiger partial charge is 0.358 e. The van der Waals surface area contributed by atoms with Gasteiger partial charge in [-0.05, 0) is 30.5 Å². The first-order valence-electron chi connectivity index (χ1n) is 7.92. The third-order valence-corrected chi connectivity index (χ3v) is 4.69. The van der Waals surface area contributed by atoms with Crippen LogP contribution in [-0.2, 0) is 14.2 Å². The molecule has 3 aliphatic rings. The molecule has 114 valence electrons. The van der Waals surface area contributed by atoms with Crippen LogP contribution in [-0.4, -0.2) is 48.1 Å². The molecule has 0 radical (unpaired) electrons. The summed E-state index contributed by atoms with van der Waals surface area (Å²) in [6.07, 6.45) is 8.36. The molecule has 2 aliphatic heterocycles. The highest BCUT2D eigenvalue weighted by Gasteiger charge is 2.44. The van der Waals surface area contributed by atoms with Gasteiger partial charge < -0.3 is 14.2 Å². The molecule has 0 aromatic carbocycles. The average molecular weight is 290 g/mol. The highest BCUT2D eigenvalue weighted by Crippen LogP contribution is 2.40. The second-order valence-electron chi connectivity index (χ2n) is 6.17. The van der Waals surface area contributed by atoms with E-state index in [4.69, 9.17) is 14.2 Å². The molecule has 1 aliphatic carbocycles. The normalized spacial score (nSPS) is 32.2. The van der Waals surface area contributed by atoms with Crippen molar-refractivity contribution in [1.82, 2.24) is 9.88 Å². The number of rotatable bonds is 3. The van der Waals surface area contributed by atoms with Gasteiger partial charge in [-0.2, -0.15) is 0 Å². The van der Waals surface area contributed by atoms with Gasteiger partial charge in [-0.15, -0.1) is 0 Å². The molecule has 0 amide bonds. The van der Waals surface area contributed by atoms with E-state index in [1.165, 1.54) is 12.8 Å². The summed E-state index contributed by atoms with van der Waals surface area (Å²) in [6, 6.07) is 4.04. The number of pyridine rings is 1. The maximum Gasteiger partial charge on any atom is 0.168 e. The van der Waals surface area contributed by atoms with E-state index in [2.05, 4.69) is 9.88 Å². The smallest absolute Gasteiger partial charge is 0.168 e. The van der Waals surface area contributed by atoms with Crippen molar-refractivity contribution < 1.29 is 14.2 Å². The molecule has 5 heteroatoms. The van der Waals surface area contributed by atoms with Crippen LogP contribution >= 0.6 is 0 Å². The molecule has 1 aromatic rings. The van der Waals surface area contributed by atoms with Crippen LogP contribution < -0.4 is 0 Å². The highest BCUT2D eigenvalue weighted by atomic mass is 16.7. The van der Waals surface area contributed by atoms with E-state index in [1.54, 1.807) is 0 Å². The fourth-order valence-corrected chi connectivity index (χ4v) is 3.67. The zero-order valence-electron chi connectivity index (χ0n) is 12.2. The Balaban J connectivity index is 1.40. The Labute approximate surface area is 125 Å². The van der Waals surface area contributed by atoms with Crippen molar-refractivity contribution in [1.29, 1.82) is 0 Å². The Morgan fingerprint density at radius 2 is 2.05 bits per heavy atom. The summed E-state index contributed by atoms with van der Waals surface area (Å²) in [4.78, 5) is 6.42. The molecule has 1 saturated carbocycles. The van der Waals surface area contributed by atoms with E-state index < -0.39 is 0 Å². The summed E-state index contributed by atoms with van der Waals surface area (Å²) in [5.74, 6) is -0.266. The maximum atomic E-state index is 6.22. The number of hydrogen-bond acceptors (Lipinski definition) is 5. The summed E-state index contributed by atoms with van der Waals surface area (Å²) in [5.41, 5.74) is 1.16. The molecule has 2 saturated heterocycles. The monoisotopic (exact) mass is 290 g/mol. The van der Waals surface area contributed by atoms with Crippen molar-refractivity contribution >= 4 is 0 Å². The van der Waals surface area contributed by atoms with Gasteiger partial charge in [-0.25, -0.2) is 0 Å². The first kappa shape index (κ1) is 13.6. The van der Waals surface area contributed by atoms with Gasteiger partial charge in [0.2, 0.25) is 0 Å². The Morgan fingerprint density at radius 1 is 1.24 bits per heavy atom. The van der Waals surface area contributed by atoms with E-state index in [0.717, 1.165) is 38.1 Å². The van der Waals surface area contributed by atoms with Gasteiger partial charge in [0, 0.05) is 38.3 Å². The van der Waals surface area contributed by atoms with Gasteiger partial charge >= 0.3 is 0 Å². The van der Waals surface area contributed by atoms with Gasteiger partial charge in [-0.3, -0.25) is 9.88 Å². The van der Waals surface area contributed by atoms with Gasteiger partial charge in [0.1, 0.15) is 6.23 Å². The number of ether oxygens (including phenoxy) is 3. The van der Waals surface area contributed by atoms with Crippen LogP contribution in [0.3, 0.4) is 0 Å². The van der Waals surface area contributed by atoms with E-state index >= 15 is 0 Å². The molecule has 5 nitrogen and oxygen atoms in total. The predicted molar refractivity (Wildman–Crippen MR) is 76.5 cm³/mol. The van der Waals surface area contributed by atoms with Crippen LogP contribution in [0.5, 0.6) is 0 Å². The minimum Gasteiger partial charge on any atom is -0.358 e. The summed E-state index contributed by atoms with van der Waals surface area (Å²) >= 11 is 0. The topological polar surface area (TPSA) is 43.8 Å². The third kappa shape index (κ3) is 2.71. The van der Waals surface area contributed by atoms with Gasteiger partial charge in [0.15, 0.2) is 5.79 Å². The van der Waals surface area contributed by atoms with Crippen molar-refractivity contribution in [2.24, 2.45) is 0 Å². The lowest BCUT2D eigenvalue weighted by Gasteiger charge is -2.26. The minimum atomic E-state index is -0.266. The van der Waals surface area contributed by atoms with Crippen LogP contribution in [0.25, 0.3) is 0 Å². The zero-order chi connectivity index (χ0) is 14.1. The van der Waals surface area contributed by atoms with Crippen LogP contribution in [0.15, 0.2) is 24.5 Å². The van der Waals surface area contributed by atoms with Crippen molar-refractivity contribution in [3.05, 3.63) is 30.1 Å². The second-order valence-corrected chi connectivity index (χ2v) is 6.17. The lowest BCUT2D eigenvalue weighted by atomic mass is 10.2. The van der Waals surface area contributed by atoms with E-state index in [-0.39, 0.29) is 18.1 Å². The lowest BCUT2D eigenvalue weighted by molar-refractivity contribution is -0.164. The third-order valence-electron chi connectivity index (χ3n) is 4.69. The van der Waals surface area contributed by atoms with Gasteiger partial charge in [-0.1, -0.05) is 0 Å². The molecular weight excluding hydrogens is 268 g/mol. The summed E-state index contributed by atoms with van der Waals surface area (Å²) in [6.45, 7) is 3.29. The highest BCUT2D eigenvalue weighted by molar-refractivity contribution is 5.13. The average Bonchev–Trinajstić information content (AvgIpc) is 3.24. The number of hydrogen-bond donors (Lipinski definition) is 0. The van der Waals surface area contributed by atoms with Crippen molar-refractivity contribution in [3.63, 3.8) is 0 Å². The molecule has 21 heavy (non-hydrogen) atoms. The Bertz CT molecular complexity index is 476. The van der Waals surface area contributed by atoms with Crippen LogP contribution in [0.1, 0.15) is 37.5 Å². The van der Waals surface area contributed by atoms with E-state index in [0.29, 0.717) is 6.61 Å². The molecule has 0 unspecified atom stereocenters. The molecule has 3 heterocycles. The molecule has 4 rings (SSSR count). The molecule has 0 bridgehead atoms. The van der Waals surface area contributed by atoms with Crippen molar-refractivity contribution in [3.8, 4) is 0 Å². The van der Waals surface area contributed by atoms with Crippen molar-refractivity contribution in [2.45, 2.75) is 43.8 Å². The lowest BCUT2D eigenvalue weighted by Crippen LogP contribution is -2.35. The Morgan fingerprint density at radius 3 is 2.86 bits per heavy atom. The van der Waals surface area contributed by atoms with Crippen LogP contribution in [0.2, 0.25) is 0 Å². The van der Waals surface area contributed by atoms with Gasteiger partial charge in [0.25, 0.3) is 0 Å². The summed E-state index contributed by atoms with van der Waals surface area (Å²) < 4.78 is 18.1. The predicted octanol–water partition coefficient (Wildman–Crippen LogP) is 2.10. The molecular formula is C16H22N2O3. The van der Waals surface area contributed by atoms with Crippen LogP contribution in [0.4, 0.5) is 0 Å². The molecule has 1 spiro atoms. The quantitative estimate of drug-likeness (QED) is 0.853. The van der Waals surface area contributed by atoms with E-state index in [9.17, 15) is 0 Å². The second kappa shape index (κ2) is 5.65. The van der Waals surface area contributed by atoms with E-state index in [1.807, 2.05) is 24.5 Å². The summed E-state index contributed by atoms with van der Waals surface area (Å²) in [7, 11) is 0. The number of nitrogens with zero attached hydrogens (tertiary/aromatic N) is 2. The van der Waals surface area contributed by atoms with Gasteiger partial charge in [0.05, 0.1) is 19.3 Å². The molecule has 0 N–H and O–H groups in total. The first-order chi connectivity index (χ1) is 10.3. The summed E-state index contributed by atoms with van der Waals surface area (Å²) in [5, 5.41) is 0. The Hall–Kier alpha value is -1.01. The first-order valence-corrected chi connectivity index (χ1v) is 7.92. The Kier molecular flexibility index (Phi) is 3.67. The molecule has 2 atom stereocenters. The SMILES string of the molecule is c1cc([C@@H]2OCCN2C[C@@H]2COC3(CCCC3)O2)ccn1. The molecule has 3 fully saturated rings. The van der Waals surface area contributed by atoms with Crippen LogP contribution in [0, 0.1) is 0 Å². The fraction of sp³-hybridized carbons (Fsp3) is 0.688. The minimum absolute atomic E-state index is 0.0247. The molecule has 1 aromatic heterocycles. The maximum absolute atomic E-state index is 6.22. The van der Waals surface area contributed by atoms with Crippen molar-refractivity contribution in [2.75, 3.05) is 26.3 Å². The fourth-order valence-electron chi connectivity index (χ4n) is 3.67.